The van der Waals surface area contributed by atoms with Crippen LogP contribution in [0.1, 0.15) is 38.2 Å². The summed E-state index contributed by atoms with van der Waals surface area (Å²) in [6, 6.07) is 7.80. The van der Waals surface area contributed by atoms with Gasteiger partial charge >= 0.3 is 5.97 Å². The maximum atomic E-state index is 11.1. The largest absolute Gasteiger partial charge is 0.497 e. The quantitative estimate of drug-likeness (QED) is 0.361. The molecule has 0 amide bonds. The van der Waals surface area contributed by atoms with E-state index in [2.05, 4.69) is 0 Å². The highest BCUT2D eigenvalue weighted by molar-refractivity contribution is 5.81. The summed E-state index contributed by atoms with van der Waals surface area (Å²) in [7, 11) is 1.65. The van der Waals surface area contributed by atoms with Gasteiger partial charge in [-0.2, -0.15) is 0 Å². The van der Waals surface area contributed by atoms with Crippen molar-refractivity contribution in [1.29, 1.82) is 0 Å². The number of aliphatic hydroxyl groups is 1. The minimum absolute atomic E-state index is 0.363. The molecule has 5 nitrogen and oxygen atoms in total. The average molecular weight is 336 g/mol. The number of hydrogen-bond donors (Lipinski definition) is 1. The smallest absolute Gasteiger partial charge is 0.330 e. The van der Waals surface area contributed by atoms with Gasteiger partial charge in [-0.15, -0.1) is 0 Å². The SMILES string of the molecule is CCOC(=O)/C=C/C[C@@H](O)CCCCOCc1ccc(OC)cc1. The molecule has 0 bridgehead atoms. The molecule has 0 heterocycles. The van der Waals surface area contributed by atoms with Gasteiger partial charge in [-0.1, -0.05) is 18.2 Å². The third kappa shape index (κ3) is 9.33. The van der Waals surface area contributed by atoms with Crippen LogP contribution in [-0.4, -0.2) is 37.5 Å². The second-order valence-electron chi connectivity index (χ2n) is 5.44. The summed E-state index contributed by atoms with van der Waals surface area (Å²) < 4.78 is 15.5. The molecular weight excluding hydrogens is 308 g/mol. The summed E-state index contributed by atoms with van der Waals surface area (Å²) in [5.41, 5.74) is 1.11. The van der Waals surface area contributed by atoms with Gasteiger partial charge in [0, 0.05) is 12.7 Å². The van der Waals surface area contributed by atoms with E-state index in [1.165, 1.54) is 6.08 Å². The van der Waals surface area contributed by atoms with Gasteiger partial charge in [0.2, 0.25) is 0 Å². The highest BCUT2D eigenvalue weighted by Gasteiger charge is 2.02. The molecule has 0 saturated carbocycles. The average Bonchev–Trinajstić information content (AvgIpc) is 2.58. The van der Waals surface area contributed by atoms with Gasteiger partial charge in [0.25, 0.3) is 0 Å². The lowest BCUT2D eigenvalue weighted by molar-refractivity contribution is -0.137. The predicted octanol–water partition coefficient (Wildman–Crippen LogP) is 3.25. The molecule has 0 unspecified atom stereocenters. The van der Waals surface area contributed by atoms with Crippen molar-refractivity contribution in [1.82, 2.24) is 0 Å². The minimum Gasteiger partial charge on any atom is -0.497 e. The Morgan fingerprint density at radius 1 is 1.25 bits per heavy atom. The monoisotopic (exact) mass is 336 g/mol. The Morgan fingerprint density at radius 2 is 2.00 bits per heavy atom. The number of unbranched alkanes of at least 4 members (excludes halogenated alkanes) is 1. The third-order valence-corrected chi connectivity index (χ3v) is 3.45. The molecule has 0 fully saturated rings. The van der Waals surface area contributed by atoms with Crippen LogP contribution in [-0.2, 0) is 20.9 Å². The second-order valence-corrected chi connectivity index (χ2v) is 5.44. The highest BCUT2D eigenvalue weighted by atomic mass is 16.5. The summed E-state index contributed by atoms with van der Waals surface area (Å²) in [5.74, 6) is 0.473. The molecular formula is C19H28O5. The van der Waals surface area contributed by atoms with E-state index in [1.54, 1.807) is 20.1 Å². The topological polar surface area (TPSA) is 65.0 Å². The predicted molar refractivity (Wildman–Crippen MR) is 92.9 cm³/mol. The Kier molecular flexibility index (Phi) is 10.6. The molecule has 0 aromatic heterocycles. The first-order valence-corrected chi connectivity index (χ1v) is 8.37. The molecule has 0 aliphatic heterocycles. The lowest BCUT2D eigenvalue weighted by Crippen LogP contribution is -2.06. The number of benzene rings is 1. The van der Waals surface area contributed by atoms with E-state index < -0.39 is 6.10 Å². The van der Waals surface area contributed by atoms with Crippen LogP contribution in [0.15, 0.2) is 36.4 Å². The van der Waals surface area contributed by atoms with Crippen LogP contribution in [0.4, 0.5) is 0 Å². The van der Waals surface area contributed by atoms with Crippen LogP contribution < -0.4 is 4.74 Å². The van der Waals surface area contributed by atoms with Crippen LogP contribution in [0.3, 0.4) is 0 Å². The lowest BCUT2D eigenvalue weighted by Gasteiger charge is -2.08. The zero-order chi connectivity index (χ0) is 17.6. The summed E-state index contributed by atoms with van der Waals surface area (Å²) in [5, 5.41) is 9.82. The molecule has 0 spiro atoms. The summed E-state index contributed by atoms with van der Waals surface area (Å²) in [6.07, 6.45) is 5.53. The first kappa shape index (κ1) is 20.2. The fourth-order valence-corrected chi connectivity index (χ4v) is 2.13. The summed E-state index contributed by atoms with van der Waals surface area (Å²) in [4.78, 5) is 11.1. The number of aliphatic hydroxyl groups excluding tert-OH is 1. The fraction of sp³-hybridized carbons (Fsp3) is 0.526. The third-order valence-electron chi connectivity index (χ3n) is 3.45. The fourth-order valence-electron chi connectivity index (χ4n) is 2.13. The van der Waals surface area contributed by atoms with Crippen LogP contribution in [0.25, 0.3) is 0 Å². The van der Waals surface area contributed by atoms with Crippen molar-refractivity contribution in [3.8, 4) is 5.75 Å². The van der Waals surface area contributed by atoms with E-state index in [4.69, 9.17) is 14.2 Å². The first-order chi connectivity index (χ1) is 11.7. The van der Waals surface area contributed by atoms with Gasteiger partial charge in [0.15, 0.2) is 0 Å². The number of rotatable bonds is 12. The number of carbonyl (C=O) groups excluding carboxylic acids is 1. The molecule has 0 saturated heterocycles. The van der Waals surface area contributed by atoms with E-state index in [0.29, 0.717) is 32.7 Å². The van der Waals surface area contributed by atoms with Crippen LogP contribution >= 0.6 is 0 Å². The highest BCUT2D eigenvalue weighted by Crippen LogP contribution is 2.12. The van der Waals surface area contributed by atoms with E-state index in [9.17, 15) is 9.90 Å². The summed E-state index contributed by atoms with van der Waals surface area (Å²) >= 11 is 0. The van der Waals surface area contributed by atoms with E-state index >= 15 is 0 Å². The van der Waals surface area contributed by atoms with Crippen molar-refractivity contribution in [2.45, 2.75) is 45.3 Å². The maximum Gasteiger partial charge on any atom is 0.330 e. The van der Waals surface area contributed by atoms with Gasteiger partial charge in [-0.25, -0.2) is 4.79 Å². The molecule has 134 valence electrons. The molecule has 1 aromatic rings. The minimum atomic E-state index is -0.433. The Morgan fingerprint density at radius 3 is 2.67 bits per heavy atom. The zero-order valence-electron chi connectivity index (χ0n) is 14.6. The van der Waals surface area contributed by atoms with Crippen molar-refractivity contribution in [3.63, 3.8) is 0 Å². The molecule has 0 radical (unpaired) electrons. The second kappa shape index (κ2) is 12.6. The van der Waals surface area contributed by atoms with Gasteiger partial charge in [-0.3, -0.25) is 0 Å². The van der Waals surface area contributed by atoms with Crippen LogP contribution in [0.5, 0.6) is 5.75 Å². The van der Waals surface area contributed by atoms with Crippen molar-refractivity contribution < 1.29 is 24.1 Å². The van der Waals surface area contributed by atoms with Crippen LogP contribution in [0, 0.1) is 0 Å². The van der Waals surface area contributed by atoms with Crippen molar-refractivity contribution in [2.75, 3.05) is 20.3 Å². The number of esters is 1. The van der Waals surface area contributed by atoms with Crippen molar-refractivity contribution >= 4 is 5.97 Å². The summed E-state index contributed by atoms with van der Waals surface area (Å²) in [6.45, 7) is 3.37. The Hall–Kier alpha value is -1.85. The number of carbonyl (C=O) groups is 1. The van der Waals surface area contributed by atoms with Gasteiger partial charge in [0.1, 0.15) is 5.75 Å². The molecule has 1 atom stereocenters. The molecule has 1 aromatic carbocycles. The molecule has 24 heavy (non-hydrogen) atoms. The Balaban J connectivity index is 2.03. The lowest BCUT2D eigenvalue weighted by atomic mass is 10.1. The number of hydrogen-bond acceptors (Lipinski definition) is 5. The van der Waals surface area contributed by atoms with Gasteiger partial charge in [0.05, 0.1) is 26.4 Å². The normalized spacial score (nSPS) is 12.3. The van der Waals surface area contributed by atoms with Crippen LogP contribution in [0.2, 0.25) is 0 Å². The standard InChI is InChI=1S/C19H28O5/c1-3-24-19(21)9-6-8-17(20)7-4-5-14-23-15-16-10-12-18(22-2)13-11-16/h6,9-13,17,20H,3-5,7-8,14-15H2,1-2H3/b9-6+/t17-/m0/s1. The van der Waals surface area contributed by atoms with E-state index in [1.807, 2.05) is 24.3 Å². The van der Waals surface area contributed by atoms with E-state index in [0.717, 1.165) is 24.2 Å². The Bertz CT molecular complexity index is 481. The van der Waals surface area contributed by atoms with Crippen molar-refractivity contribution in [2.24, 2.45) is 0 Å². The molecule has 0 aliphatic rings. The van der Waals surface area contributed by atoms with Gasteiger partial charge < -0.3 is 19.3 Å². The molecule has 5 heteroatoms. The molecule has 1 N–H and O–H groups in total. The number of ether oxygens (including phenoxy) is 3. The maximum absolute atomic E-state index is 11.1. The zero-order valence-corrected chi connectivity index (χ0v) is 14.6. The Labute approximate surface area is 144 Å². The van der Waals surface area contributed by atoms with Gasteiger partial charge in [-0.05, 0) is 50.3 Å². The van der Waals surface area contributed by atoms with Crippen molar-refractivity contribution in [3.05, 3.63) is 42.0 Å². The first-order valence-electron chi connectivity index (χ1n) is 8.37. The molecule has 1 rings (SSSR count). The van der Waals surface area contributed by atoms with E-state index in [-0.39, 0.29) is 5.97 Å². The number of methoxy groups -OCH3 is 1. The molecule has 0 aliphatic carbocycles.